The van der Waals surface area contributed by atoms with Gasteiger partial charge in [-0.2, -0.15) is 5.26 Å². The number of benzene rings is 1. The zero-order chi connectivity index (χ0) is 17.6. The Labute approximate surface area is 147 Å². The summed E-state index contributed by atoms with van der Waals surface area (Å²) < 4.78 is 5.89. The van der Waals surface area contributed by atoms with Crippen molar-refractivity contribution in [3.05, 3.63) is 53.9 Å². The average Bonchev–Trinajstić information content (AvgIpc) is 3.45. The SMILES string of the molecule is Cc1ccc(C(=O)N(CCC#N)CC2CC2)cc1Oc1ccncc1. The molecule has 0 saturated heterocycles. The summed E-state index contributed by atoms with van der Waals surface area (Å²) in [7, 11) is 0. The Balaban J connectivity index is 1.79. The van der Waals surface area contributed by atoms with Crippen molar-refractivity contribution in [3.8, 4) is 17.6 Å². The highest BCUT2D eigenvalue weighted by molar-refractivity contribution is 5.94. The largest absolute Gasteiger partial charge is 0.457 e. The van der Waals surface area contributed by atoms with Crippen LogP contribution in [0.2, 0.25) is 0 Å². The van der Waals surface area contributed by atoms with Crippen LogP contribution in [0.4, 0.5) is 0 Å². The molecule has 1 heterocycles. The first-order valence-electron chi connectivity index (χ1n) is 8.52. The molecule has 3 rings (SSSR count). The number of hydrogen-bond acceptors (Lipinski definition) is 4. The van der Waals surface area contributed by atoms with Gasteiger partial charge >= 0.3 is 0 Å². The lowest BCUT2D eigenvalue weighted by Crippen LogP contribution is -2.33. The summed E-state index contributed by atoms with van der Waals surface area (Å²) in [6.45, 7) is 3.15. The number of carbonyl (C=O) groups is 1. The van der Waals surface area contributed by atoms with Crippen molar-refractivity contribution in [1.29, 1.82) is 5.26 Å². The maximum absolute atomic E-state index is 12.9. The molecule has 128 valence electrons. The molecule has 0 spiro atoms. The minimum Gasteiger partial charge on any atom is -0.457 e. The number of amides is 1. The van der Waals surface area contributed by atoms with Crippen LogP contribution in [0.25, 0.3) is 0 Å². The van der Waals surface area contributed by atoms with Crippen molar-refractivity contribution in [2.75, 3.05) is 13.1 Å². The van der Waals surface area contributed by atoms with E-state index in [2.05, 4.69) is 11.1 Å². The van der Waals surface area contributed by atoms with Crippen LogP contribution < -0.4 is 4.74 Å². The first-order valence-corrected chi connectivity index (χ1v) is 8.52. The van der Waals surface area contributed by atoms with Gasteiger partial charge in [0.2, 0.25) is 0 Å². The second kappa shape index (κ2) is 7.80. The van der Waals surface area contributed by atoms with E-state index in [1.54, 1.807) is 35.5 Å². The lowest BCUT2D eigenvalue weighted by molar-refractivity contribution is 0.0751. The van der Waals surface area contributed by atoms with Gasteiger partial charge in [-0.05, 0) is 55.5 Å². The number of aryl methyl sites for hydroxylation is 1. The Hall–Kier alpha value is -2.87. The third-order valence-electron chi connectivity index (χ3n) is 4.27. The van der Waals surface area contributed by atoms with Gasteiger partial charge in [0, 0.05) is 31.0 Å². The monoisotopic (exact) mass is 335 g/mol. The highest BCUT2D eigenvalue weighted by atomic mass is 16.5. The van der Waals surface area contributed by atoms with Crippen molar-refractivity contribution in [2.45, 2.75) is 26.2 Å². The van der Waals surface area contributed by atoms with Crippen LogP contribution in [0, 0.1) is 24.2 Å². The van der Waals surface area contributed by atoms with Crippen LogP contribution in [0.1, 0.15) is 35.2 Å². The third kappa shape index (κ3) is 4.57. The summed E-state index contributed by atoms with van der Waals surface area (Å²) >= 11 is 0. The van der Waals surface area contributed by atoms with Gasteiger partial charge in [-0.1, -0.05) is 6.07 Å². The number of nitrogens with zero attached hydrogens (tertiary/aromatic N) is 3. The van der Waals surface area contributed by atoms with Crippen molar-refractivity contribution in [3.63, 3.8) is 0 Å². The van der Waals surface area contributed by atoms with Crippen molar-refractivity contribution in [2.24, 2.45) is 5.92 Å². The quantitative estimate of drug-likeness (QED) is 0.768. The van der Waals surface area contributed by atoms with E-state index >= 15 is 0 Å². The minimum atomic E-state index is -0.0401. The summed E-state index contributed by atoms with van der Waals surface area (Å²) in [5, 5.41) is 8.85. The van der Waals surface area contributed by atoms with Crippen LogP contribution in [0.5, 0.6) is 11.5 Å². The van der Waals surface area contributed by atoms with E-state index in [1.807, 2.05) is 19.1 Å². The maximum atomic E-state index is 12.9. The fourth-order valence-corrected chi connectivity index (χ4v) is 2.63. The number of hydrogen-bond donors (Lipinski definition) is 0. The van der Waals surface area contributed by atoms with E-state index in [9.17, 15) is 4.79 Å². The molecule has 1 aliphatic carbocycles. The Morgan fingerprint density at radius 2 is 2.08 bits per heavy atom. The van der Waals surface area contributed by atoms with Crippen molar-refractivity contribution >= 4 is 5.91 Å². The Bertz CT molecular complexity index is 779. The van der Waals surface area contributed by atoms with Crippen LogP contribution in [-0.4, -0.2) is 28.9 Å². The molecule has 1 aliphatic rings. The van der Waals surface area contributed by atoms with E-state index in [0.29, 0.717) is 35.9 Å². The summed E-state index contributed by atoms with van der Waals surface area (Å²) in [6.07, 6.45) is 6.02. The molecule has 1 aromatic carbocycles. The number of ether oxygens (including phenoxy) is 1. The average molecular weight is 335 g/mol. The van der Waals surface area contributed by atoms with Gasteiger partial charge in [0.15, 0.2) is 0 Å². The molecule has 2 aromatic rings. The van der Waals surface area contributed by atoms with E-state index in [1.165, 1.54) is 12.8 Å². The lowest BCUT2D eigenvalue weighted by Gasteiger charge is -2.22. The first-order chi connectivity index (χ1) is 12.2. The van der Waals surface area contributed by atoms with Crippen LogP contribution >= 0.6 is 0 Å². The van der Waals surface area contributed by atoms with E-state index in [-0.39, 0.29) is 5.91 Å². The molecular weight excluding hydrogens is 314 g/mol. The summed E-state index contributed by atoms with van der Waals surface area (Å²) in [5.74, 6) is 1.88. The Kier molecular flexibility index (Phi) is 5.30. The number of aromatic nitrogens is 1. The molecule has 0 bridgehead atoms. The van der Waals surface area contributed by atoms with Crippen molar-refractivity contribution in [1.82, 2.24) is 9.88 Å². The van der Waals surface area contributed by atoms with Gasteiger partial charge in [0.25, 0.3) is 5.91 Å². The molecule has 1 saturated carbocycles. The molecule has 0 atom stereocenters. The Morgan fingerprint density at radius 3 is 2.76 bits per heavy atom. The zero-order valence-corrected chi connectivity index (χ0v) is 14.3. The molecule has 5 heteroatoms. The van der Waals surface area contributed by atoms with Gasteiger partial charge in [-0.3, -0.25) is 9.78 Å². The first kappa shape index (κ1) is 17.0. The fraction of sp³-hybridized carbons (Fsp3) is 0.350. The van der Waals surface area contributed by atoms with Gasteiger partial charge in [-0.15, -0.1) is 0 Å². The molecule has 1 fully saturated rings. The predicted molar refractivity (Wildman–Crippen MR) is 94.3 cm³/mol. The van der Waals surface area contributed by atoms with Gasteiger partial charge in [-0.25, -0.2) is 0 Å². The van der Waals surface area contributed by atoms with Gasteiger partial charge in [0.1, 0.15) is 11.5 Å². The van der Waals surface area contributed by atoms with Crippen molar-refractivity contribution < 1.29 is 9.53 Å². The minimum absolute atomic E-state index is 0.0401. The Morgan fingerprint density at radius 1 is 1.32 bits per heavy atom. The lowest BCUT2D eigenvalue weighted by atomic mass is 10.1. The molecule has 0 aliphatic heterocycles. The van der Waals surface area contributed by atoms with Gasteiger partial charge < -0.3 is 9.64 Å². The highest BCUT2D eigenvalue weighted by Crippen LogP contribution is 2.31. The van der Waals surface area contributed by atoms with E-state index in [0.717, 1.165) is 12.1 Å². The van der Waals surface area contributed by atoms with Gasteiger partial charge in [0.05, 0.1) is 12.5 Å². The topological polar surface area (TPSA) is 66.2 Å². The molecule has 0 radical (unpaired) electrons. The van der Waals surface area contributed by atoms with Crippen LogP contribution in [0.15, 0.2) is 42.7 Å². The fourth-order valence-electron chi connectivity index (χ4n) is 2.63. The number of pyridine rings is 1. The zero-order valence-electron chi connectivity index (χ0n) is 14.3. The standard InChI is InChI=1S/C20H21N3O2/c1-15-3-6-17(13-19(15)25-18-7-10-22-11-8-18)20(24)23(12-2-9-21)14-16-4-5-16/h3,6-8,10-11,13,16H,2,4-5,12,14H2,1H3. The smallest absolute Gasteiger partial charge is 0.254 e. The predicted octanol–water partition coefficient (Wildman–Crippen LogP) is 3.95. The number of nitriles is 1. The molecule has 0 unspecified atom stereocenters. The number of rotatable bonds is 7. The second-order valence-electron chi connectivity index (χ2n) is 6.37. The molecule has 0 N–H and O–H groups in total. The van der Waals surface area contributed by atoms with Crippen LogP contribution in [-0.2, 0) is 0 Å². The highest BCUT2D eigenvalue weighted by Gasteiger charge is 2.27. The van der Waals surface area contributed by atoms with Crippen LogP contribution in [0.3, 0.4) is 0 Å². The summed E-state index contributed by atoms with van der Waals surface area (Å²) in [5.41, 5.74) is 1.55. The maximum Gasteiger partial charge on any atom is 0.254 e. The third-order valence-corrected chi connectivity index (χ3v) is 4.27. The summed E-state index contributed by atoms with van der Waals surface area (Å²) in [4.78, 5) is 18.6. The molecule has 5 nitrogen and oxygen atoms in total. The summed E-state index contributed by atoms with van der Waals surface area (Å²) in [6, 6.07) is 11.2. The molecule has 25 heavy (non-hydrogen) atoms. The van der Waals surface area contributed by atoms with E-state index in [4.69, 9.17) is 10.00 Å². The molecular formula is C20H21N3O2. The van der Waals surface area contributed by atoms with E-state index < -0.39 is 0 Å². The molecule has 1 aromatic heterocycles. The number of carbonyl (C=O) groups excluding carboxylic acids is 1. The normalized spacial score (nSPS) is 13.1. The molecule has 1 amide bonds. The second-order valence-corrected chi connectivity index (χ2v) is 6.37.